The number of nitrogens with one attached hydrogen (secondary N) is 1. The van der Waals surface area contributed by atoms with Crippen LogP contribution in [0.3, 0.4) is 0 Å². The van der Waals surface area contributed by atoms with Gasteiger partial charge in [0, 0.05) is 24.7 Å². The fourth-order valence-corrected chi connectivity index (χ4v) is 4.38. The number of amides is 1. The van der Waals surface area contributed by atoms with Gasteiger partial charge in [-0.2, -0.15) is 0 Å². The van der Waals surface area contributed by atoms with E-state index in [2.05, 4.69) is 16.8 Å². The van der Waals surface area contributed by atoms with Crippen molar-refractivity contribution in [1.29, 1.82) is 0 Å². The molecule has 0 saturated heterocycles. The fraction of sp³-hybridized carbons (Fsp3) is 0.542. The van der Waals surface area contributed by atoms with E-state index in [4.69, 9.17) is 14.2 Å². The summed E-state index contributed by atoms with van der Waals surface area (Å²) in [6.45, 7) is 5.96. The molecule has 0 spiro atoms. The predicted molar refractivity (Wildman–Crippen MR) is 116 cm³/mol. The van der Waals surface area contributed by atoms with E-state index >= 15 is 0 Å². The molecule has 1 aromatic heterocycles. The molecule has 1 saturated carbocycles. The van der Waals surface area contributed by atoms with Crippen LogP contribution in [0, 0.1) is 12.8 Å². The molecular weight excluding hydrogens is 380 g/mol. The number of aromatic nitrogens is 1. The van der Waals surface area contributed by atoms with Gasteiger partial charge in [0.15, 0.2) is 17.2 Å². The van der Waals surface area contributed by atoms with Crippen molar-refractivity contribution in [2.24, 2.45) is 5.92 Å². The highest BCUT2D eigenvalue weighted by Crippen LogP contribution is 2.39. The maximum absolute atomic E-state index is 12.3. The molecule has 30 heavy (non-hydrogen) atoms. The van der Waals surface area contributed by atoms with Crippen molar-refractivity contribution in [3.63, 3.8) is 0 Å². The Morgan fingerprint density at radius 1 is 1.17 bits per heavy atom. The fourth-order valence-electron chi connectivity index (χ4n) is 4.38. The van der Waals surface area contributed by atoms with E-state index in [-0.39, 0.29) is 6.79 Å². The standard InChI is InChI=1S/C24H32N2O4/c1-3-4-12-25-24(27)30-22-14-20(19-10-11-21-23(13-19)29-16-28-21)26(17(22)2)15-18-8-6-5-7-9-18/h10-11,13-14,18H,3-9,12,15-16H2,1-2H3,(H,25,27). The first kappa shape index (κ1) is 20.6. The van der Waals surface area contributed by atoms with Crippen molar-refractivity contribution in [2.75, 3.05) is 13.3 Å². The maximum Gasteiger partial charge on any atom is 0.412 e. The number of carbonyl (C=O) groups excluding carboxylic acids is 1. The third kappa shape index (κ3) is 4.58. The number of unbranched alkanes of at least 4 members (excludes halogenated alkanes) is 1. The summed E-state index contributed by atoms with van der Waals surface area (Å²) in [7, 11) is 0. The second-order valence-corrected chi connectivity index (χ2v) is 8.33. The van der Waals surface area contributed by atoms with Crippen molar-refractivity contribution >= 4 is 6.09 Å². The van der Waals surface area contributed by atoms with E-state index in [1.165, 1.54) is 32.1 Å². The summed E-state index contributed by atoms with van der Waals surface area (Å²) in [5.74, 6) is 2.80. The molecule has 1 N–H and O–H groups in total. The number of ether oxygens (including phenoxy) is 3. The number of benzene rings is 1. The lowest BCUT2D eigenvalue weighted by molar-refractivity contribution is 0.174. The summed E-state index contributed by atoms with van der Waals surface area (Å²) in [6, 6.07) is 7.99. The van der Waals surface area contributed by atoms with Gasteiger partial charge in [-0.25, -0.2) is 4.79 Å². The number of hydrogen-bond acceptors (Lipinski definition) is 4. The van der Waals surface area contributed by atoms with Gasteiger partial charge in [-0.1, -0.05) is 32.6 Å². The van der Waals surface area contributed by atoms with Crippen molar-refractivity contribution in [1.82, 2.24) is 9.88 Å². The highest BCUT2D eigenvalue weighted by atomic mass is 16.7. The first-order chi connectivity index (χ1) is 14.7. The minimum absolute atomic E-state index is 0.257. The normalized spacial score (nSPS) is 15.9. The Balaban J connectivity index is 1.61. The number of hydrogen-bond donors (Lipinski definition) is 1. The molecule has 2 aliphatic rings. The van der Waals surface area contributed by atoms with Crippen LogP contribution in [0.25, 0.3) is 11.3 Å². The summed E-state index contributed by atoms with van der Waals surface area (Å²) >= 11 is 0. The second kappa shape index (κ2) is 9.45. The molecule has 0 bridgehead atoms. The molecule has 1 aliphatic heterocycles. The topological polar surface area (TPSA) is 61.7 Å². The Hall–Kier alpha value is -2.63. The van der Waals surface area contributed by atoms with E-state index in [1.807, 2.05) is 31.2 Å². The minimum atomic E-state index is -0.390. The molecule has 0 radical (unpaired) electrons. The van der Waals surface area contributed by atoms with Crippen LogP contribution in [0.15, 0.2) is 24.3 Å². The molecule has 1 amide bonds. The van der Waals surface area contributed by atoms with Gasteiger partial charge in [-0.05, 0) is 50.3 Å². The SMILES string of the molecule is CCCCNC(=O)Oc1cc(-c2ccc3c(c2)OCO3)n(CC2CCCCC2)c1C. The van der Waals surface area contributed by atoms with Crippen LogP contribution in [-0.4, -0.2) is 24.0 Å². The zero-order chi connectivity index (χ0) is 20.9. The minimum Gasteiger partial charge on any atom is -0.454 e. The molecule has 1 aromatic carbocycles. The summed E-state index contributed by atoms with van der Waals surface area (Å²) in [5, 5.41) is 2.84. The highest BCUT2D eigenvalue weighted by Gasteiger charge is 2.22. The highest BCUT2D eigenvalue weighted by molar-refractivity contribution is 5.73. The van der Waals surface area contributed by atoms with E-state index in [9.17, 15) is 4.79 Å². The van der Waals surface area contributed by atoms with E-state index < -0.39 is 6.09 Å². The van der Waals surface area contributed by atoms with Crippen LogP contribution < -0.4 is 19.5 Å². The van der Waals surface area contributed by atoms with E-state index in [1.54, 1.807) is 0 Å². The molecule has 162 valence electrons. The number of rotatable bonds is 7. The molecule has 1 aliphatic carbocycles. The lowest BCUT2D eigenvalue weighted by atomic mass is 9.89. The molecule has 6 nitrogen and oxygen atoms in total. The Labute approximate surface area is 178 Å². The Kier molecular flexibility index (Phi) is 6.50. The van der Waals surface area contributed by atoms with E-state index in [0.717, 1.165) is 47.8 Å². The lowest BCUT2D eigenvalue weighted by Gasteiger charge is -2.24. The quantitative estimate of drug-likeness (QED) is 0.596. The smallest absolute Gasteiger partial charge is 0.412 e. The van der Waals surface area contributed by atoms with Crippen LogP contribution in [0.2, 0.25) is 0 Å². The zero-order valence-corrected chi connectivity index (χ0v) is 18.0. The van der Waals surface area contributed by atoms with E-state index in [0.29, 0.717) is 18.2 Å². The average Bonchev–Trinajstić information content (AvgIpc) is 3.34. The molecule has 2 aromatic rings. The third-order valence-electron chi connectivity index (χ3n) is 6.16. The average molecular weight is 413 g/mol. The van der Waals surface area contributed by atoms with Gasteiger partial charge < -0.3 is 24.1 Å². The van der Waals surface area contributed by atoms with Gasteiger partial charge in [0.2, 0.25) is 6.79 Å². The van der Waals surface area contributed by atoms with Gasteiger partial charge in [0.1, 0.15) is 0 Å². The Morgan fingerprint density at radius 2 is 1.97 bits per heavy atom. The van der Waals surface area contributed by atoms with Crippen LogP contribution in [-0.2, 0) is 6.54 Å². The van der Waals surface area contributed by atoms with Gasteiger partial charge >= 0.3 is 6.09 Å². The molecule has 0 atom stereocenters. The van der Waals surface area contributed by atoms with Crippen molar-refractivity contribution in [3.8, 4) is 28.5 Å². The summed E-state index contributed by atoms with van der Waals surface area (Å²) in [5.41, 5.74) is 3.08. The zero-order valence-electron chi connectivity index (χ0n) is 18.0. The summed E-state index contributed by atoms with van der Waals surface area (Å²) in [6.07, 6.45) is 8.03. The van der Waals surface area contributed by atoms with Crippen LogP contribution in [0.1, 0.15) is 57.6 Å². The first-order valence-electron chi connectivity index (χ1n) is 11.2. The van der Waals surface area contributed by atoms with Crippen LogP contribution >= 0.6 is 0 Å². The molecular formula is C24H32N2O4. The van der Waals surface area contributed by atoms with Gasteiger partial charge in [-0.3, -0.25) is 0 Å². The Morgan fingerprint density at radius 3 is 2.77 bits per heavy atom. The number of nitrogens with zero attached hydrogens (tertiary/aromatic N) is 1. The Bertz CT molecular complexity index is 884. The summed E-state index contributed by atoms with van der Waals surface area (Å²) in [4.78, 5) is 12.3. The van der Waals surface area contributed by atoms with Crippen LogP contribution in [0.5, 0.6) is 17.2 Å². The molecule has 1 fully saturated rings. The first-order valence-corrected chi connectivity index (χ1v) is 11.2. The van der Waals surface area contributed by atoms with Crippen molar-refractivity contribution in [3.05, 3.63) is 30.0 Å². The monoisotopic (exact) mass is 412 g/mol. The van der Waals surface area contributed by atoms with Gasteiger partial charge in [-0.15, -0.1) is 0 Å². The molecule has 4 rings (SSSR count). The number of carbonyl (C=O) groups is 1. The van der Waals surface area contributed by atoms with Gasteiger partial charge in [0.05, 0.1) is 11.4 Å². The van der Waals surface area contributed by atoms with Crippen molar-refractivity contribution < 1.29 is 19.0 Å². The largest absolute Gasteiger partial charge is 0.454 e. The third-order valence-corrected chi connectivity index (χ3v) is 6.16. The lowest BCUT2D eigenvalue weighted by Crippen LogP contribution is -2.27. The van der Waals surface area contributed by atoms with Crippen LogP contribution in [0.4, 0.5) is 4.79 Å². The molecule has 2 heterocycles. The number of fused-ring (bicyclic) bond motifs is 1. The predicted octanol–water partition coefficient (Wildman–Crippen LogP) is 5.66. The molecule has 6 heteroatoms. The van der Waals surface area contributed by atoms with Crippen molar-refractivity contribution in [2.45, 2.75) is 65.3 Å². The summed E-state index contributed by atoms with van der Waals surface area (Å²) < 4.78 is 19.0. The maximum atomic E-state index is 12.3. The molecule has 0 unspecified atom stereocenters. The second-order valence-electron chi connectivity index (χ2n) is 8.33. The van der Waals surface area contributed by atoms with Gasteiger partial charge in [0.25, 0.3) is 0 Å².